The Bertz CT molecular complexity index is 81.3. The fraction of sp³-hybridized carbons (Fsp3) is 1.00. The van der Waals surface area contributed by atoms with E-state index in [4.69, 9.17) is 0 Å². The summed E-state index contributed by atoms with van der Waals surface area (Å²) in [6.45, 7) is 4.55. The Morgan fingerprint density at radius 1 is 1.00 bits per heavy atom. The average molecular weight is 225 g/mol. The number of hydrogen-bond acceptors (Lipinski definition) is 0. The van der Waals surface area contributed by atoms with Gasteiger partial charge in [-0.1, -0.05) is 0 Å². The van der Waals surface area contributed by atoms with Crippen molar-refractivity contribution in [3.63, 3.8) is 0 Å². The van der Waals surface area contributed by atoms with Crippen molar-refractivity contribution < 1.29 is 0 Å². The van der Waals surface area contributed by atoms with Crippen LogP contribution in [0, 0.1) is 0 Å². The summed E-state index contributed by atoms with van der Waals surface area (Å²) < 4.78 is 0. The van der Waals surface area contributed by atoms with Crippen molar-refractivity contribution in [3.8, 4) is 0 Å². The van der Waals surface area contributed by atoms with Gasteiger partial charge < -0.3 is 0 Å². The van der Waals surface area contributed by atoms with Gasteiger partial charge in [-0.05, 0) is 0 Å². The summed E-state index contributed by atoms with van der Waals surface area (Å²) in [6, 6.07) is 0. The first-order valence-electron chi connectivity index (χ1n) is 4.33. The van der Waals surface area contributed by atoms with E-state index in [1.807, 2.05) is 0 Å². The Morgan fingerprint density at radius 3 is 1.70 bits per heavy atom. The van der Waals surface area contributed by atoms with Gasteiger partial charge in [0.15, 0.2) is 0 Å². The van der Waals surface area contributed by atoms with Crippen LogP contribution in [0.1, 0.15) is 39.5 Å². The van der Waals surface area contributed by atoms with E-state index < -0.39 is 0 Å². The van der Waals surface area contributed by atoms with Gasteiger partial charge in [0.25, 0.3) is 0 Å². The predicted octanol–water partition coefficient (Wildman–Crippen LogP) is 2.88. The van der Waals surface area contributed by atoms with Crippen LogP contribution in [0.5, 0.6) is 0 Å². The van der Waals surface area contributed by atoms with Gasteiger partial charge >= 0.3 is 73.1 Å². The van der Waals surface area contributed by atoms with E-state index in [-0.39, 0.29) is 6.17 Å². The van der Waals surface area contributed by atoms with Gasteiger partial charge in [0.2, 0.25) is 0 Å². The SMILES string of the molecule is CCCC[PH](=[Se])CCCC. The summed E-state index contributed by atoms with van der Waals surface area (Å²) in [5, 5.41) is 0. The van der Waals surface area contributed by atoms with E-state index in [1.165, 1.54) is 38.0 Å². The van der Waals surface area contributed by atoms with Crippen LogP contribution in [0.15, 0.2) is 0 Å². The molecule has 0 aromatic rings. The molecule has 0 saturated carbocycles. The summed E-state index contributed by atoms with van der Waals surface area (Å²) in [5.41, 5.74) is 0. The summed E-state index contributed by atoms with van der Waals surface area (Å²) in [5.74, 6) is 0. The molecule has 10 heavy (non-hydrogen) atoms. The van der Waals surface area contributed by atoms with E-state index in [2.05, 4.69) is 28.9 Å². The van der Waals surface area contributed by atoms with Crippen molar-refractivity contribution >= 4 is 21.3 Å². The fourth-order valence-corrected chi connectivity index (χ4v) is 4.44. The molecule has 0 N–H and O–H groups in total. The molecule has 0 aliphatic heterocycles. The summed E-state index contributed by atoms with van der Waals surface area (Å²) in [6.07, 6.45) is 8.53. The Morgan fingerprint density at radius 2 is 1.40 bits per heavy atom. The summed E-state index contributed by atoms with van der Waals surface area (Å²) >= 11 is 3.35. The molecular formula is C8H19PSe. The maximum atomic E-state index is 3.35. The number of rotatable bonds is 6. The molecule has 0 radical (unpaired) electrons. The van der Waals surface area contributed by atoms with E-state index in [0.717, 1.165) is 0 Å². The molecule has 2 heteroatoms. The van der Waals surface area contributed by atoms with Crippen molar-refractivity contribution in [1.82, 2.24) is 0 Å². The van der Waals surface area contributed by atoms with E-state index in [1.54, 1.807) is 0 Å². The fourth-order valence-electron chi connectivity index (χ4n) is 0.873. The molecule has 62 valence electrons. The molecular weight excluding hydrogens is 206 g/mol. The molecule has 0 unspecified atom stereocenters. The molecule has 0 atom stereocenters. The van der Waals surface area contributed by atoms with Crippen LogP contribution >= 0.6 is 6.17 Å². The predicted molar refractivity (Wildman–Crippen MR) is 53.6 cm³/mol. The first kappa shape index (κ1) is 10.9. The van der Waals surface area contributed by atoms with Crippen LogP contribution in [0.4, 0.5) is 0 Å². The second kappa shape index (κ2) is 8.05. The monoisotopic (exact) mass is 226 g/mol. The molecule has 0 aromatic carbocycles. The van der Waals surface area contributed by atoms with Gasteiger partial charge in [0.1, 0.15) is 0 Å². The van der Waals surface area contributed by atoms with E-state index >= 15 is 0 Å². The third kappa shape index (κ3) is 7.06. The molecule has 0 fully saturated rings. The van der Waals surface area contributed by atoms with Crippen molar-refractivity contribution in [3.05, 3.63) is 0 Å². The second-order valence-corrected chi connectivity index (χ2v) is 8.46. The number of unbranched alkanes of at least 4 members (excludes halogenated alkanes) is 2. The zero-order valence-corrected chi connectivity index (χ0v) is 9.86. The molecule has 0 aliphatic rings. The van der Waals surface area contributed by atoms with Crippen LogP contribution in [-0.4, -0.2) is 27.4 Å². The molecule has 0 saturated heterocycles. The normalized spacial score (nSPS) is 10.7. The van der Waals surface area contributed by atoms with Crippen molar-refractivity contribution in [2.45, 2.75) is 39.5 Å². The molecule has 0 nitrogen and oxygen atoms in total. The first-order chi connectivity index (χ1) is 4.81. The van der Waals surface area contributed by atoms with Gasteiger partial charge in [-0.3, -0.25) is 0 Å². The summed E-state index contributed by atoms with van der Waals surface area (Å²) in [7, 11) is 0. The third-order valence-corrected chi connectivity index (χ3v) is 6.01. The summed E-state index contributed by atoms with van der Waals surface area (Å²) in [4.78, 5) is 0. The topological polar surface area (TPSA) is 0 Å². The van der Waals surface area contributed by atoms with Gasteiger partial charge in [-0.15, -0.1) is 0 Å². The molecule has 0 spiro atoms. The first-order valence-corrected chi connectivity index (χ1v) is 8.72. The number of hydrogen-bond donors (Lipinski definition) is 0. The third-order valence-electron chi connectivity index (χ3n) is 1.62. The van der Waals surface area contributed by atoms with Crippen LogP contribution < -0.4 is 0 Å². The van der Waals surface area contributed by atoms with Crippen molar-refractivity contribution in [2.75, 3.05) is 12.3 Å². The molecule has 0 bridgehead atoms. The van der Waals surface area contributed by atoms with Gasteiger partial charge in [0, 0.05) is 0 Å². The van der Waals surface area contributed by atoms with E-state index in [0.29, 0.717) is 0 Å². The van der Waals surface area contributed by atoms with Crippen LogP contribution in [0.3, 0.4) is 0 Å². The van der Waals surface area contributed by atoms with E-state index in [9.17, 15) is 0 Å². The second-order valence-electron chi connectivity index (χ2n) is 2.75. The average Bonchev–Trinajstić information content (AvgIpc) is 1.97. The van der Waals surface area contributed by atoms with Crippen LogP contribution in [0.25, 0.3) is 0 Å². The molecule has 0 rings (SSSR count). The Balaban J connectivity index is 3.09. The quantitative estimate of drug-likeness (QED) is 0.481. The molecule has 0 amide bonds. The van der Waals surface area contributed by atoms with Crippen molar-refractivity contribution in [2.24, 2.45) is 0 Å². The Kier molecular flexibility index (Phi) is 8.81. The zero-order chi connectivity index (χ0) is 7.82. The van der Waals surface area contributed by atoms with Gasteiger partial charge in [0.05, 0.1) is 0 Å². The molecule has 0 aromatic heterocycles. The van der Waals surface area contributed by atoms with Crippen molar-refractivity contribution in [1.29, 1.82) is 0 Å². The molecule has 0 heterocycles. The Labute approximate surface area is 73.4 Å². The van der Waals surface area contributed by atoms with Crippen LogP contribution in [-0.2, 0) is 0 Å². The molecule has 0 aliphatic carbocycles. The van der Waals surface area contributed by atoms with Gasteiger partial charge in [-0.2, -0.15) is 0 Å². The minimum absolute atomic E-state index is 0.0399. The Hall–Kier alpha value is 0.949. The zero-order valence-electron chi connectivity index (χ0n) is 7.15. The van der Waals surface area contributed by atoms with Gasteiger partial charge in [-0.25, -0.2) is 0 Å². The maximum absolute atomic E-state index is 3.35. The standard InChI is InChI=1S/C8H19PSe/c1-3-5-7-9(10)8-6-4-2/h9H,3-8H2,1-2H3. The van der Waals surface area contributed by atoms with Crippen LogP contribution in [0.2, 0.25) is 0 Å². The minimum atomic E-state index is -0.0399.